The second kappa shape index (κ2) is 5.53. The standard InChI is InChI=1S/C11H18N2O3S/c1-4-6-17-7-11(5-2)8(14)12-10(16)13(3)9(11)15/h4-7H2,1-3H3,(H,12,14,16). The number of carbonyl (C=O) groups excluding carboxylic acids is 3. The molecule has 0 spiro atoms. The van der Waals surface area contributed by atoms with Crippen LogP contribution in [0.3, 0.4) is 0 Å². The van der Waals surface area contributed by atoms with Gasteiger partial charge >= 0.3 is 6.03 Å². The summed E-state index contributed by atoms with van der Waals surface area (Å²) in [7, 11) is 1.40. The zero-order valence-electron chi connectivity index (χ0n) is 10.4. The molecule has 0 aromatic rings. The summed E-state index contributed by atoms with van der Waals surface area (Å²) >= 11 is 1.57. The summed E-state index contributed by atoms with van der Waals surface area (Å²) in [6.45, 7) is 3.84. The highest BCUT2D eigenvalue weighted by atomic mass is 32.2. The molecule has 1 unspecified atom stereocenters. The van der Waals surface area contributed by atoms with E-state index in [1.807, 2.05) is 6.92 Å². The molecular formula is C11H18N2O3S. The van der Waals surface area contributed by atoms with Crippen molar-refractivity contribution >= 4 is 29.6 Å². The molecule has 0 aliphatic carbocycles. The SMILES string of the molecule is CCCSCC1(CC)C(=O)NC(=O)N(C)C1=O. The molecule has 0 radical (unpaired) electrons. The second-order valence-corrected chi connectivity index (χ2v) is 5.22. The van der Waals surface area contributed by atoms with Gasteiger partial charge < -0.3 is 0 Å². The zero-order valence-corrected chi connectivity index (χ0v) is 11.2. The lowest BCUT2D eigenvalue weighted by molar-refractivity contribution is -0.149. The number of thioether (sulfide) groups is 1. The Balaban J connectivity index is 2.91. The van der Waals surface area contributed by atoms with E-state index in [1.54, 1.807) is 18.7 Å². The molecule has 1 aliphatic rings. The van der Waals surface area contributed by atoms with E-state index in [-0.39, 0.29) is 0 Å². The predicted octanol–water partition coefficient (Wildman–Crippen LogP) is 1.23. The third kappa shape index (κ3) is 2.46. The van der Waals surface area contributed by atoms with Gasteiger partial charge in [0.15, 0.2) is 0 Å². The zero-order chi connectivity index (χ0) is 13.1. The quantitative estimate of drug-likeness (QED) is 0.595. The van der Waals surface area contributed by atoms with E-state index < -0.39 is 23.3 Å². The Labute approximate surface area is 105 Å². The van der Waals surface area contributed by atoms with E-state index in [0.29, 0.717) is 12.2 Å². The Morgan fingerprint density at radius 1 is 1.29 bits per heavy atom. The van der Waals surface area contributed by atoms with Crippen LogP contribution in [0.25, 0.3) is 0 Å². The third-order valence-corrected chi connectivity index (χ3v) is 4.37. The van der Waals surface area contributed by atoms with Crippen LogP contribution in [0.4, 0.5) is 4.79 Å². The molecule has 0 saturated carbocycles. The fraction of sp³-hybridized carbons (Fsp3) is 0.727. The van der Waals surface area contributed by atoms with Crippen LogP contribution in [-0.4, -0.2) is 41.3 Å². The second-order valence-electron chi connectivity index (χ2n) is 4.11. The monoisotopic (exact) mass is 258 g/mol. The molecule has 1 fully saturated rings. The molecule has 5 nitrogen and oxygen atoms in total. The van der Waals surface area contributed by atoms with Gasteiger partial charge in [-0.2, -0.15) is 11.8 Å². The molecule has 4 amide bonds. The van der Waals surface area contributed by atoms with Crippen LogP contribution < -0.4 is 5.32 Å². The lowest BCUT2D eigenvalue weighted by atomic mass is 9.83. The first-order chi connectivity index (χ1) is 7.99. The predicted molar refractivity (Wildman–Crippen MR) is 66.6 cm³/mol. The van der Waals surface area contributed by atoms with Crippen LogP contribution in [0, 0.1) is 5.41 Å². The topological polar surface area (TPSA) is 66.5 Å². The number of carbonyl (C=O) groups is 3. The largest absolute Gasteiger partial charge is 0.330 e. The van der Waals surface area contributed by atoms with Crippen LogP contribution >= 0.6 is 11.8 Å². The highest BCUT2D eigenvalue weighted by Gasteiger charge is 2.51. The molecule has 6 heteroatoms. The maximum atomic E-state index is 12.1. The van der Waals surface area contributed by atoms with Crippen molar-refractivity contribution in [2.75, 3.05) is 18.6 Å². The van der Waals surface area contributed by atoms with E-state index in [4.69, 9.17) is 0 Å². The van der Waals surface area contributed by atoms with Gasteiger partial charge in [0.25, 0.3) is 0 Å². The number of rotatable bonds is 5. The molecule has 96 valence electrons. The number of barbiturate groups is 1. The average Bonchev–Trinajstić information content (AvgIpc) is 2.31. The summed E-state index contributed by atoms with van der Waals surface area (Å²) in [5, 5.41) is 2.24. The van der Waals surface area contributed by atoms with Gasteiger partial charge in [-0.1, -0.05) is 13.8 Å². The van der Waals surface area contributed by atoms with Crippen molar-refractivity contribution in [1.29, 1.82) is 0 Å². The molecule has 0 aromatic carbocycles. The van der Waals surface area contributed by atoms with E-state index >= 15 is 0 Å². The molecule has 1 heterocycles. The first kappa shape index (κ1) is 14.0. The minimum Gasteiger partial charge on any atom is -0.277 e. The van der Waals surface area contributed by atoms with Crippen LogP contribution in [0.1, 0.15) is 26.7 Å². The van der Waals surface area contributed by atoms with Crippen molar-refractivity contribution in [2.24, 2.45) is 5.41 Å². The van der Waals surface area contributed by atoms with Crippen LogP contribution in [0.2, 0.25) is 0 Å². The van der Waals surface area contributed by atoms with Crippen molar-refractivity contribution in [3.05, 3.63) is 0 Å². The normalized spacial score (nSPS) is 25.1. The Bertz CT molecular complexity index is 346. The van der Waals surface area contributed by atoms with Crippen LogP contribution in [0.15, 0.2) is 0 Å². The fourth-order valence-corrected chi connectivity index (χ4v) is 2.98. The number of nitrogens with zero attached hydrogens (tertiary/aromatic N) is 1. The van der Waals surface area contributed by atoms with E-state index in [9.17, 15) is 14.4 Å². The van der Waals surface area contributed by atoms with E-state index in [1.165, 1.54) is 7.05 Å². The molecule has 17 heavy (non-hydrogen) atoms. The minimum absolute atomic E-state index is 0.391. The number of hydrogen-bond donors (Lipinski definition) is 1. The summed E-state index contributed by atoms with van der Waals surface area (Å²) in [6, 6.07) is -0.635. The Kier molecular flexibility index (Phi) is 4.56. The third-order valence-electron chi connectivity index (χ3n) is 2.97. The van der Waals surface area contributed by atoms with Gasteiger partial charge in [-0.3, -0.25) is 19.8 Å². The van der Waals surface area contributed by atoms with Gasteiger partial charge in [0.05, 0.1) is 0 Å². The van der Waals surface area contributed by atoms with Crippen molar-refractivity contribution in [3.63, 3.8) is 0 Å². The highest BCUT2D eigenvalue weighted by Crippen LogP contribution is 2.32. The van der Waals surface area contributed by atoms with Gasteiger partial charge in [0.1, 0.15) is 5.41 Å². The first-order valence-electron chi connectivity index (χ1n) is 5.71. The van der Waals surface area contributed by atoms with Gasteiger partial charge in [-0.05, 0) is 18.6 Å². The number of nitrogens with one attached hydrogen (secondary N) is 1. The molecule has 0 bridgehead atoms. The van der Waals surface area contributed by atoms with Crippen molar-refractivity contribution in [3.8, 4) is 0 Å². The van der Waals surface area contributed by atoms with Gasteiger partial charge in [-0.25, -0.2) is 4.79 Å². The highest BCUT2D eigenvalue weighted by molar-refractivity contribution is 7.99. The molecular weight excluding hydrogens is 240 g/mol. The molecule has 1 atom stereocenters. The number of hydrogen-bond acceptors (Lipinski definition) is 4. The number of amides is 4. The lowest BCUT2D eigenvalue weighted by Gasteiger charge is -2.36. The van der Waals surface area contributed by atoms with E-state index in [0.717, 1.165) is 17.1 Å². The maximum Gasteiger partial charge on any atom is 0.330 e. The van der Waals surface area contributed by atoms with Gasteiger partial charge in [0, 0.05) is 12.8 Å². The maximum absolute atomic E-state index is 12.1. The van der Waals surface area contributed by atoms with Gasteiger partial charge in [-0.15, -0.1) is 0 Å². The van der Waals surface area contributed by atoms with Crippen LogP contribution in [-0.2, 0) is 9.59 Å². The van der Waals surface area contributed by atoms with E-state index in [2.05, 4.69) is 5.32 Å². The molecule has 1 rings (SSSR count). The summed E-state index contributed by atoms with van der Waals surface area (Å²) in [4.78, 5) is 36.4. The van der Waals surface area contributed by atoms with Crippen LogP contribution in [0.5, 0.6) is 0 Å². The fourth-order valence-electron chi connectivity index (χ4n) is 1.74. The molecule has 1 N–H and O–H groups in total. The summed E-state index contributed by atoms with van der Waals surface area (Å²) in [5.74, 6) is 0.480. The van der Waals surface area contributed by atoms with Crippen molar-refractivity contribution < 1.29 is 14.4 Å². The van der Waals surface area contributed by atoms with Crippen molar-refractivity contribution in [2.45, 2.75) is 26.7 Å². The Hall–Kier alpha value is -1.04. The summed E-state index contributed by atoms with van der Waals surface area (Å²) in [6.07, 6.45) is 1.40. The molecule has 1 aliphatic heterocycles. The Morgan fingerprint density at radius 3 is 2.47 bits per heavy atom. The first-order valence-corrected chi connectivity index (χ1v) is 6.86. The number of imide groups is 2. The Morgan fingerprint density at radius 2 is 1.94 bits per heavy atom. The summed E-state index contributed by atoms with van der Waals surface area (Å²) < 4.78 is 0. The molecule has 0 aromatic heterocycles. The minimum atomic E-state index is -1.08. The molecule has 1 saturated heterocycles. The smallest absolute Gasteiger partial charge is 0.277 e. The lowest BCUT2D eigenvalue weighted by Crippen LogP contribution is -2.63. The van der Waals surface area contributed by atoms with Crippen molar-refractivity contribution in [1.82, 2.24) is 10.2 Å². The summed E-state index contributed by atoms with van der Waals surface area (Å²) in [5.41, 5.74) is -1.08. The van der Waals surface area contributed by atoms with Gasteiger partial charge in [0.2, 0.25) is 11.8 Å². The average molecular weight is 258 g/mol. The number of urea groups is 1.